The summed E-state index contributed by atoms with van der Waals surface area (Å²) in [5.74, 6) is 0. The van der Waals surface area contributed by atoms with Crippen molar-refractivity contribution in [2.24, 2.45) is 0 Å². The molecule has 0 radical (unpaired) electrons. The van der Waals surface area contributed by atoms with E-state index in [1.165, 1.54) is 57.8 Å². The molecule has 0 aliphatic rings. The molecule has 4 heteroatoms. The van der Waals surface area contributed by atoms with Gasteiger partial charge in [-0.2, -0.15) is 0 Å². The zero-order valence-corrected chi connectivity index (χ0v) is 14.9. The summed E-state index contributed by atoms with van der Waals surface area (Å²) < 4.78 is 16.6. The number of aliphatic hydroxyl groups excluding tert-OH is 1. The van der Waals surface area contributed by atoms with Gasteiger partial charge in [0.2, 0.25) is 0 Å². The quantitative estimate of drug-likeness (QED) is 0.389. The van der Waals surface area contributed by atoms with Crippen LogP contribution in [0.4, 0.5) is 0 Å². The zero-order valence-electron chi connectivity index (χ0n) is 14.9. The van der Waals surface area contributed by atoms with E-state index in [0.717, 1.165) is 0 Å². The first-order valence-electron chi connectivity index (χ1n) is 9.23. The Bertz CT molecular complexity index is 200. The van der Waals surface area contributed by atoms with E-state index in [0.29, 0.717) is 39.1 Å². The van der Waals surface area contributed by atoms with Crippen molar-refractivity contribution in [2.45, 2.75) is 77.7 Å². The Balaban J connectivity index is 3.53. The molecule has 0 heterocycles. The van der Waals surface area contributed by atoms with Crippen LogP contribution in [-0.2, 0) is 14.2 Å². The smallest absolute Gasteiger partial charge is 0.0704 e. The summed E-state index contributed by atoms with van der Waals surface area (Å²) in [5.41, 5.74) is 0. The highest BCUT2D eigenvalue weighted by atomic mass is 16.5. The van der Waals surface area contributed by atoms with Gasteiger partial charge in [-0.25, -0.2) is 0 Å². The number of ether oxygens (including phenoxy) is 3. The number of aliphatic hydroxyl groups is 1. The number of hydrogen-bond donors (Lipinski definition) is 1. The third-order valence-electron chi connectivity index (χ3n) is 3.70. The average molecular weight is 318 g/mol. The molecule has 0 aromatic heterocycles. The third-order valence-corrected chi connectivity index (χ3v) is 3.70. The Kier molecular flexibility index (Phi) is 18.8. The fourth-order valence-corrected chi connectivity index (χ4v) is 2.38. The maximum atomic E-state index is 8.57. The van der Waals surface area contributed by atoms with E-state index in [4.69, 9.17) is 19.3 Å². The van der Waals surface area contributed by atoms with Crippen molar-refractivity contribution in [3.8, 4) is 0 Å². The fourth-order valence-electron chi connectivity index (χ4n) is 2.38. The van der Waals surface area contributed by atoms with Crippen LogP contribution in [0.3, 0.4) is 0 Å². The van der Waals surface area contributed by atoms with Crippen molar-refractivity contribution in [1.82, 2.24) is 0 Å². The maximum Gasteiger partial charge on any atom is 0.0704 e. The molecule has 0 fully saturated rings. The van der Waals surface area contributed by atoms with Gasteiger partial charge in [-0.05, 0) is 12.8 Å². The highest BCUT2D eigenvalue weighted by molar-refractivity contribution is 4.59. The van der Waals surface area contributed by atoms with E-state index in [9.17, 15) is 0 Å². The topological polar surface area (TPSA) is 47.9 Å². The molecular weight excluding hydrogens is 280 g/mol. The Morgan fingerprint density at radius 1 is 0.682 bits per heavy atom. The van der Waals surface area contributed by atoms with Crippen molar-refractivity contribution >= 4 is 0 Å². The van der Waals surface area contributed by atoms with E-state index in [-0.39, 0.29) is 6.61 Å². The standard InChI is InChI=1S/C18H38O4/c1-3-5-7-8-9-11-18(10-6-4-2)22-17-16-21-15-14-20-13-12-19/h18-19H,3-17H2,1-2H3. The molecule has 0 aromatic carbocycles. The van der Waals surface area contributed by atoms with Crippen molar-refractivity contribution in [3.63, 3.8) is 0 Å². The van der Waals surface area contributed by atoms with Crippen LogP contribution in [0.1, 0.15) is 71.6 Å². The first kappa shape index (κ1) is 21.8. The second kappa shape index (κ2) is 18.9. The molecular formula is C18H38O4. The minimum Gasteiger partial charge on any atom is -0.394 e. The van der Waals surface area contributed by atoms with Crippen LogP contribution in [0.15, 0.2) is 0 Å². The minimum atomic E-state index is 0.0699. The van der Waals surface area contributed by atoms with Crippen LogP contribution in [-0.4, -0.2) is 50.9 Å². The van der Waals surface area contributed by atoms with Crippen molar-refractivity contribution in [3.05, 3.63) is 0 Å². The molecule has 4 nitrogen and oxygen atoms in total. The molecule has 0 aliphatic carbocycles. The molecule has 1 N–H and O–H groups in total. The summed E-state index contributed by atoms with van der Waals surface area (Å²) in [6.45, 7) is 7.34. The average Bonchev–Trinajstić information content (AvgIpc) is 2.54. The highest BCUT2D eigenvalue weighted by Gasteiger charge is 2.08. The predicted molar refractivity (Wildman–Crippen MR) is 91.4 cm³/mol. The van der Waals surface area contributed by atoms with E-state index in [1.807, 2.05) is 0 Å². The van der Waals surface area contributed by atoms with Crippen LogP contribution in [0.2, 0.25) is 0 Å². The summed E-state index contributed by atoms with van der Waals surface area (Å²) >= 11 is 0. The molecule has 0 aromatic rings. The normalized spacial score (nSPS) is 12.7. The van der Waals surface area contributed by atoms with Crippen molar-refractivity contribution in [1.29, 1.82) is 0 Å². The van der Waals surface area contributed by atoms with Crippen LogP contribution in [0.25, 0.3) is 0 Å². The first-order chi connectivity index (χ1) is 10.8. The SMILES string of the molecule is CCCCCCCC(CCCC)OCCOCCOCCO. The van der Waals surface area contributed by atoms with E-state index in [1.54, 1.807) is 0 Å². The van der Waals surface area contributed by atoms with E-state index >= 15 is 0 Å². The minimum absolute atomic E-state index is 0.0699. The van der Waals surface area contributed by atoms with Gasteiger partial charge < -0.3 is 19.3 Å². The molecule has 0 saturated heterocycles. The Hall–Kier alpha value is -0.160. The fraction of sp³-hybridized carbons (Fsp3) is 1.00. The van der Waals surface area contributed by atoms with Gasteiger partial charge in [0.15, 0.2) is 0 Å². The van der Waals surface area contributed by atoms with Crippen molar-refractivity contribution in [2.75, 3.05) is 39.6 Å². The summed E-state index contributed by atoms with van der Waals surface area (Å²) in [6.07, 6.45) is 11.9. The maximum absolute atomic E-state index is 8.57. The molecule has 1 unspecified atom stereocenters. The first-order valence-corrected chi connectivity index (χ1v) is 9.23. The van der Waals surface area contributed by atoms with Crippen LogP contribution in [0, 0.1) is 0 Å². The predicted octanol–water partition coefficient (Wildman–Crippen LogP) is 3.95. The Morgan fingerprint density at radius 3 is 1.95 bits per heavy atom. The Labute approximate surface area is 137 Å². The largest absolute Gasteiger partial charge is 0.394 e. The molecule has 0 amide bonds. The van der Waals surface area contributed by atoms with Gasteiger partial charge >= 0.3 is 0 Å². The van der Waals surface area contributed by atoms with Gasteiger partial charge in [0.25, 0.3) is 0 Å². The van der Waals surface area contributed by atoms with E-state index < -0.39 is 0 Å². The number of unbranched alkanes of at least 4 members (excludes halogenated alkanes) is 5. The second-order valence-electron chi connectivity index (χ2n) is 5.79. The van der Waals surface area contributed by atoms with E-state index in [2.05, 4.69) is 13.8 Å². The molecule has 22 heavy (non-hydrogen) atoms. The monoisotopic (exact) mass is 318 g/mol. The van der Waals surface area contributed by atoms with Gasteiger partial charge in [-0.1, -0.05) is 58.8 Å². The molecule has 134 valence electrons. The Morgan fingerprint density at radius 2 is 1.27 bits per heavy atom. The lowest BCUT2D eigenvalue weighted by Gasteiger charge is -2.18. The third kappa shape index (κ3) is 16.2. The number of rotatable bonds is 18. The molecule has 0 saturated carbocycles. The molecule has 0 bridgehead atoms. The summed E-state index contributed by atoms with van der Waals surface area (Å²) in [7, 11) is 0. The lowest BCUT2D eigenvalue weighted by atomic mass is 10.0. The van der Waals surface area contributed by atoms with Gasteiger partial charge in [0.05, 0.1) is 45.7 Å². The van der Waals surface area contributed by atoms with Gasteiger partial charge in [-0.3, -0.25) is 0 Å². The van der Waals surface area contributed by atoms with Crippen LogP contribution >= 0.6 is 0 Å². The van der Waals surface area contributed by atoms with Gasteiger partial charge in [-0.15, -0.1) is 0 Å². The molecule has 0 aliphatic heterocycles. The molecule has 0 spiro atoms. The second-order valence-corrected chi connectivity index (χ2v) is 5.79. The van der Waals surface area contributed by atoms with Gasteiger partial charge in [0, 0.05) is 0 Å². The molecule has 0 rings (SSSR count). The summed E-state index contributed by atoms with van der Waals surface area (Å²) in [5, 5.41) is 8.57. The highest BCUT2D eigenvalue weighted by Crippen LogP contribution is 2.14. The zero-order chi connectivity index (χ0) is 16.3. The summed E-state index contributed by atoms with van der Waals surface area (Å²) in [4.78, 5) is 0. The van der Waals surface area contributed by atoms with Crippen LogP contribution < -0.4 is 0 Å². The van der Waals surface area contributed by atoms with Gasteiger partial charge in [0.1, 0.15) is 0 Å². The lowest BCUT2D eigenvalue weighted by molar-refractivity contribution is -0.0198. The summed E-state index contributed by atoms with van der Waals surface area (Å²) in [6, 6.07) is 0. The van der Waals surface area contributed by atoms with Crippen LogP contribution in [0.5, 0.6) is 0 Å². The molecule has 1 atom stereocenters. The van der Waals surface area contributed by atoms with Crippen molar-refractivity contribution < 1.29 is 19.3 Å². The number of hydrogen-bond acceptors (Lipinski definition) is 4. The lowest BCUT2D eigenvalue weighted by Crippen LogP contribution is -2.17.